The van der Waals surface area contributed by atoms with Crippen molar-refractivity contribution in [3.63, 3.8) is 0 Å². The van der Waals surface area contributed by atoms with Gasteiger partial charge in [0.1, 0.15) is 0 Å². The van der Waals surface area contributed by atoms with Crippen molar-refractivity contribution in [3.8, 4) is 11.5 Å². The van der Waals surface area contributed by atoms with E-state index in [9.17, 15) is 14.4 Å². The molecular weight excluding hydrogens is 498 g/mol. The number of ether oxygens (including phenoxy) is 2. The maximum Gasteiger partial charge on any atom is 0.267 e. The summed E-state index contributed by atoms with van der Waals surface area (Å²) in [7, 11) is 0. The monoisotopic (exact) mass is 525 g/mol. The van der Waals surface area contributed by atoms with Crippen LogP contribution in [0.1, 0.15) is 45.5 Å². The molecule has 1 heterocycles. The van der Waals surface area contributed by atoms with Crippen molar-refractivity contribution in [3.05, 3.63) is 101 Å². The summed E-state index contributed by atoms with van der Waals surface area (Å²) in [5, 5.41) is 14.5. The van der Waals surface area contributed by atoms with Crippen LogP contribution in [0.3, 0.4) is 0 Å². The van der Waals surface area contributed by atoms with Gasteiger partial charge in [0.15, 0.2) is 11.5 Å². The van der Waals surface area contributed by atoms with Gasteiger partial charge in [-0.1, -0.05) is 42.5 Å². The molecule has 0 spiro atoms. The Bertz CT molecular complexity index is 1440. The molecule has 3 aromatic carbocycles. The smallest absolute Gasteiger partial charge is 0.267 e. The molecule has 0 bridgehead atoms. The fourth-order valence-electron chi connectivity index (χ4n) is 3.97. The van der Waals surface area contributed by atoms with Gasteiger partial charge in [-0.3, -0.25) is 19.6 Å². The lowest BCUT2D eigenvalue weighted by Gasteiger charge is -2.10. The second-order valence-corrected chi connectivity index (χ2v) is 9.23. The molecule has 9 heteroatoms. The van der Waals surface area contributed by atoms with E-state index in [2.05, 4.69) is 10.6 Å². The Morgan fingerprint density at radius 1 is 0.872 bits per heavy atom. The number of hydrogen-bond acceptors (Lipinski definition) is 6. The minimum Gasteiger partial charge on any atom is -0.454 e. The van der Waals surface area contributed by atoms with Gasteiger partial charge in [-0.2, -0.15) is 0 Å². The molecule has 1 aliphatic heterocycles. The van der Waals surface area contributed by atoms with Crippen molar-refractivity contribution in [1.82, 2.24) is 16.1 Å². The summed E-state index contributed by atoms with van der Waals surface area (Å²) in [4.78, 5) is 36.8. The Morgan fingerprint density at radius 3 is 2.28 bits per heavy atom. The van der Waals surface area contributed by atoms with Crippen LogP contribution in [0.2, 0.25) is 0 Å². The summed E-state index contributed by atoms with van der Waals surface area (Å²) < 4.78 is 10.9. The standard InChI is InChI=1S/C30H27N3O6/c34-28(33-37)14-7-19-1-3-21(4-2-19)17-31-29(35)22-8-5-20(6-9-22)15-25(30(36)32-24-11-12-24)23-10-13-26-27(16-23)39-18-38-26/h1-10,13-16,24,37H,11-12,17-18H2,(H,31,35)(H,32,36)(H,33,34)/b14-7+,25-15+. The first-order valence-corrected chi connectivity index (χ1v) is 12.5. The van der Waals surface area contributed by atoms with E-state index in [1.54, 1.807) is 60.7 Å². The van der Waals surface area contributed by atoms with Gasteiger partial charge in [-0.05, 0) is 71.5 Å². The Kier molecular flexibility index (Phi) is 7.70. The topological polar surface area (TPSA) is 126 Å². The predicted molar refractivity (Wildman–Crippen MR) is 145 cm³/mol. The Balaban J connectivity index is 1.25. The Morgan fingerprint density at radius 2 is 1.56 bits per heavy atom. The Labute approximate surface area is 225 Å². The van der Waals surface area contributed by atoms with Crippen LogP contribution in [0.15, 0.2) is 72.8 Å². The molecule has 198 valence electrons. The normalized spacial score (nSPS) is 14.2. The van der Waals surface area contributed by atoms with Crippen molar-refractivity contribution >= 4 is 35.4 Å². The van der Waals surface area contributed by atoms with E-state index in [1.807, 2.05) is 18.2 Å². The third-order valence-electron chi connectivity index (χ3n) is 6.29. The molecule has 9 nitrogen and oxygen atoms in total. The second-order valence-electron chi connectivity index (χ2n) is 9.23. The highest BCUT2D eigenvalue weighted by molar-refractivity contribution is 6.24. The minimum atomic E-state index is -0.612. The quantitative estimate of drug-likeness (QED) is 0.146. The van der Waals surface area contributed by atoms with Crippen LogP contribution in [0.5, 0.6) is 11.5 Å². The van der Waals surface area contributed by atoms with E-state index in [1.165, 1.54) is 11.6 Å². The van der Waals surface area contributed by atoms with Crippen molar-refractivity contribution < 1.29 is 29.1 Å². The summed E-state index contributed by atoms with van der Waals surface area (Å²) in [5.74, 6) is 0.257. The molecule has 3 amide bonds. The summed E-state index contributed by atoms with van der Waals surface area (Å²) in [5.41, 5.74) is 5.71. The highest BCUT2D eigenvalue weighted by Gasteiger charge is 2.26. The van der Waals surface area contributed by atoms with E-state index in [4.69, 9.17) is 14.7 Å². The van der Waals surface area contributed by atoms with Crippen molar-refractivity contribution in [2.75, 3.05) is 6.79 Å². The molecule has 0 saturated heterocycles. The Hall–Kier alpha value is -4.89. The lowest BCUT2D eigenvalue weighted by atomic mass is 10.0. The van der Waals surface area contributed by atoms with Gasteiger partial charge in [0.25, 0.3) is 17.7 Å². The summed E-state index contributed by atoms with van der Waals surface area (Å²) in [6.07, 6.45) is 6.55. The van der Waals surface area contributed by atoms with Crippen molar-refractivity contribution in [2.24, 2.45) is 0 Å². The first kappa shape index (κ1) is 25.7. The van der Waals surface area contributed by atoms with E-state index in [-0.39, 0.29) is 24.6 Å². The van der Waals surface area contributed by atoms with Gasteiger partial charge >= 0.3 is 0 Å². The number of rotatable bonds is 9. The zero-order valence-electron chi connectivity index (χ0n) is 21.0. The van der Waals surface area contributed by atoms with E-state index < -0.39 is 5.91 Å². The first-order valence-electron chi connectivity index (χ1n) is 12.5. The molecule has 2 aliphatic rings. The fourth-order valence-corrected chi connectivity index (χ4v) is 3.97. The molecule has 0 unspecified atom stereocenters. The number of fused-ring (bicyclic) bond motifs is 1. The lowest BCUT2D eigenvalue weighted by Crippen LogP contribution is -2.26. The van der Waals surface area contributed by atoms with E-state index in [0.29, 0.717) is 29.2 Å². The van der Waals surface area contributed by atoms with Gasteiger partial charge < -0.3 is 20.1 Å². The van der Waals surface area contributed by atoms with Crippen LogP contribution in [0, 0.1) is 0 Å². The van der Waals surface area contributed by atoms with Crippen LogP contribution >= 0.6 is 0 Å². The lowest BCUT2D eigenvalue weighted by molar-refractivity contribution is -0.124. The zero-order chi connectivity index (χ0) is 27.2. The summed E-state index contributed by atoms with van der Waals surface area (Å²) >= 11 is 0. The molecule has 5 rings (SSSR count). The molecule has 39 heavy (non-hydrogen) atoms. The maximum atomic E-state index is 13.0. The number of carbonyl (C=O) groups is 3. The van der Waals surface area contributed by atoms with Gasteiger partial charge in [-0.15, -0.1) is 0 Å². The second kappa shape index (κ2) is 11.7. The van der Waals surface area contributed by atoms with E-state index >= 15 is 0 Å². The average molecular weight is 526 g/mol. The average Bonchev–Trinajstić information content (AvgIpc) is 3.66. The molecule has 1 fully saturated rings. The van der Waals surface area contributed by atoms with E-state index in [0.717, 1.165) is 35.1 Å². The van der Waals surface area contributed by atoms with Gasteiger partial charge in [-0.25, -0.2) is 5.48 Å². The predicted octanol–water partition coefficient (Wildman–Crippen LogP) is 3.68. The third-order valence-corrected chi connectivity index (χ3v) is 6.29. The highest BCUT2D eigenvalue weighted by Crippen LogP contribution is 2.35. The molecule has 3 aromatic rings. The molecule has 1 aliphatic carbocycles. The maximum absolute atomic E-state index is 13.0. The highest BCUT2D eigenvalue weighted by atomic mass is 16.7. The number of hydrogen-bond donors (Lipinski definition) is 4. The number of benzene rings is 3. The number of hydroxylamine groups is 1. The fraction of sp³-hybridized carbons (Fsp3) is 0.167. The largest absolute Gasteiger partial charge is 0.454 e. The minimum absolute atomic E-state index is 0.156. The van der Waals surface area contributed by atoms with Crippen LogP contribution in [0.4, 0.5) is 0 Å². The molecule has 4 N–H and O–H groups in total. The third kappa shape index (κ3) is 6.71. The zero-order valence-corrected chi connectivity index (χ0v) is 21.0. The van der Waals surface area contributed by atoms with Gasteiger partial charge in [0.2, 0.25) is 6.79 Å². The van der Waals surface area contributed by atoms with Crippen molar-refractivity contribution in [1.29, 1.82) is 0 Å². The van der Waals surface area contributed by atoms with Crippen LogP contribution in [-0.4, -0.2) is 35.8 Å². The SMILES string of the molecule is O=C(/C=C/c1ccc(CNC(=O)c2ccc(/C=C(/C(=O)NC3CC3)c3ccc4c(c3)OCO4)cc2)cc1)NO. The molecule has 0 atom stereocenters. The number of amides is 3. The van der Waals surface area contributed by atoms with Crippen LogP contribution < -0.4 is 25.6 Å². The number of nitrogens with one attached hydrogen (secondary N) is 3. The van der Waals surface area contributed by atoms with Crippen molar-refractivity contribution in [2.45, 2.75) is 25.4 Å². The molecular formula is C30H27N3O6. The molecule has 1 saturated carbocycles. The van der Waals surface area contributed by atoms with Crippen LogP contribution in [-0.2, 0) is 16.1 Å². The molecule has 0 radical (unpaired) electrons. The summed E-state index contributed by atoms with van der Waals surface area (Å²) in [6.45, 7) is 0.487. The number of carbonyl (C=O) groups excluding carboxylic acids is 3. The van der Waals surface area contributed by atoms with Gasteiger partial charge in [0, 0.05) is 29.8 Å². The molecule has 0 aromatic heterocycles. The summed E-state index contributed by atoms with van der Waals surface area (Å²) in [6, 6.07) is 20.0. The first-order chi connectivity index (χ1) is 19.0. The van der Waals surface area contributed by atoms with Gasteiger partial charge in [0.05, 0.1) is 0 Å². The van der Waals surface area contributed by atoms with Crippen LogP contribution in [0.25, 0.3) is 17.7 Å².